The van der Waals surface area contributed by atoms with Gasteiger partial charge in [-0.1, -0.05) is 13.8 Å². The van der Waals surface area contributed by atoms with Crippen LogP contribution < -0.4 is 10.6 Å². The highest BCUT2D eigenvalue weighted by Crippen LogP contribution is 2.24. The average Bonchev–Trinajstić information content (AvgIpc) is 3.27. The van der Waals surface area contributed by atoms with Crippen LogP contribution in [-0.2, 0) is 7.05 Å². The van der Waals surface area contributed by atoms with Gasteiger partial charge in [0.05, 0.1) is 11.4 Å². The second-order valence-electron chi connectivity index (χ2n) is 6.65. The van der Waals surface area contributed by atoms with Gasteiger partial charge in [-0.05, 0) is 18.1 Å². The molecule has 3 rings (SSSR count). The fourth-order valence-electron chi connectivity index (χ4n) is 2.58. The molecule has 8 nitrogen and oxygen atoms in total. The normalized spacial score (nSPS) is 11.7. The number of alkyl halides is 3. The molecule has 3 heterocycles. The van der Waals surface area contributed by atoms with E-state index in [0.29, 0.717) is 11.3 Å². The summed E-state index contributed by atoms with van der Waals surface area (Å²) in [7, 11) is 1.75. The molecule has 0 bridgehead atoms. The fourth-order valence-corrected chi connectivity index (χ4v) is 2.58. The number of nitrogens with one attached hydrogen (secondary N) is 2. The minimum absolute atomic E-state index is 0.0148. The maximum atomic E-state index is 12.5. The maximum absolute atomic E-state index is 12.5. The highest BCUT2D eigenvalue weighted by atomic mass is 19.4. The predicted octanol–water partition coefficient (Wildman–Crippen LogP) is 3.82. The molecule has 154 valence electrons. The number of rotatable bonds is 6. The molecule has 0 aromatic carbocycles. The number of aryl methyl sites for hydroxylation is 1. The minimum Gasteiger partial charge on any atom is -0.444 e. The van der Waals surface area contributed by atoms with Gasteiger partial charge in [0, 0.05) is 25.0 Å². The van der Waals surface area contributed by atoms with Crippen LogP contribution in [0.3, 0.4) is 0 Å². The van der Waals surface area contributed by atoms with Crippen molar-refractivity contribution >= 4 is 17.4 Å². The van der Waals surface area contributed by atoms with Crippen molar-refractivity contribution in [1.29, 1.82) is 0 Å². The van der Waals surface area contributed by atoms with Gasteiger partial charge in [0.2, 0.25) is 5.89 Å². The van der Waals surface area contributed by atoms with Crippen molar-refractivity contribution < 1.29 is 22.4 Å². The van der Waals surface area contributed by atoms with Crippen LogP contribution in [0.25, 0.3) is 11.5 Å². The summed E-state index contributed by atoms with van der Waals surface area (Å²) < 4.78 is 44.0. The molecule has 1 amide bonds. The molecule has 0 aliphatic heterocycles. The third-order valence-electron chi connectivity index (χ3n) is 3.87. The number of pyridine rings is 1. The van der Waals surface area contributed by atoms with E-state index in [1.165, 1.54) is 24.6 Å². The molecule has 2 N–H and O–H groups in total. The lowest BCUT2D eigenvalue weighted by Gasteiger charge is -2.08. The summed E-state index contributed by atoms with van der Waals surface area (Å²) in [5.74, 6) is -0.276. The van der Waals surface area contributed by atoms with Gasteiger partial charge in [-0.25, -0.2) is 9.97 Å². The molecule has 0 saturated carbocycles. The third kappa shape index (κ3) is 5.12. The number of hydrogen-bond acceptors (Lipinski definition) is 6. The van der Waals surface area contributed by atoms with Crippen molar-refractivity contribution in [2.45, 2.75) is 25.9 Å². The smallest absolute Gasteiger partial charge is 0.405 e. The van der Waals surface area contributed by atoms with E-state index < -0.39 is 18.6 Å². The Morgan fingerprint density at radius 2 is 2.10 bits per heavy atom. The first-order valence-electron chi connectivity index (χ1n) is 8.70. The van der Waals surface area contributed by atoms with Gasteiger partial charge in [-0.3, -0.25) is 9.48 Å². The molecular weight excluding hydrogens is 389 g/mol. The first kappa shape index (κ1) is 20.4. The number of nitrogens with zero attached hydrogens (tertiary/aromatic N) is 4. The molecule has 0 radical (unpaired) electrons. The van der Waals surface area contributed by atoms with Crippen LogP contribution in [0.2, 0.25) is 0 Å². The Labute approximate surface area is 164 Å². The van der Waals surface area contributed by atoms with E-state index in [0.717, 1.165) is 5.69 Å². The molecule has 0 fully saturated rings. The quantitative estimate of drug-likeness (QED) is 0.644. The number of anilines is 2. The standard InChI is InChI=1S/C18H19F3N6O2/c1-10(2)15-12(7-27(3)26-15)24-16(28)13-8-29-17(25-13)11-4-5-22-14(6-11)23-9-18(19,20)21/h4-8,10H,9H2,1-3H3,(H,22,23)(H,24,28). The Bertz CT molecular complexity index is 1010. The molecule has 0 aliphatic rings. The zero-order chi connectivity index (χ0) is 21.2. The summed E-state index contributed by atoms with van der Waals surface area (Å²) in [6.45, 7) is 2.70. The van der Waals surface area contributed by atoms with Gasteiger partial charge in [0.15, 0.2) is 5.69 Å². The van der Waals surface area contributed by atoms with Crippen LogP contribution in [0, 0.1) is 0 Å². The molecule has 29 heavy (non-hydrogen) atoms. The average molecular weight is 408 g/mol. The first-order valence-corrected chi connectivity index (χ1v) is 8.70. The SMILES string of the molecule is CC(C)c1nn(C)cc1NC(=O)c1coc(-c2ccnc(NCC(F)(F)F)c2)n1. The Morgan fingerprint density at radius 3 is 2.79 bits per heavy atom. The van der Waals surface area contributed by atoms with Gasteiger partial charge in [-0.2, -0.15) is 18.3 Å². The molecule has 3 aromatic heterocycles. The van der Waals surface area contributed by atoms with Crippen LogP contribution in [0.15, 0.2) is 35.2 Å². The Hall–Kier alpha value is -3.37. The molecule has 0 saturated heterocycles. The molecular formula is C18H19F3N6O2. The highest BCUT2D eigenvalue weighted by Gasteiger charge is 2.27. The van der Waals surface area contributed by atoms with E-state index in [1.807, 2.05) is 13.8 Å². The van der Waals surface area contributed by atoms with E-state index >= 15 is 0 Å². The second kappa shape index (κ2) is 7.94. The largest absolute Gasteiger partial charge is 0.444 e. The van der Waals surface area contributed by atoms with E-state index in [2.05, 4.69) is 25.7 Å². The molecule has 11 heteroatoms. The summed E-state index contributed by atoms with van der Waals surface area (Å²) in [6, 6.07) is 2.88. The number of oxazole rings is 1. The summed E-state index contributed by atoms with van der Waals surface area (Å²) in [5, 5.41) is 9.25. The minimum atomic E-state index is -4.37. The van der Waals surface area contributed by atoms with E-state index in [9.17, 15) is 18.0 Å². The van der Waals surface area contributed by atoms with Crippen LogP contribution in [0.4, 0.5) is 24.7 Å². The Balaban J connectivity index is 1.75. The fraction of sp³-hybridized carbons (Fsp3) is 0.333. The van der Waals surface area contributed by atoms with E-state index in [-0.39, 0.29) is 23.3 Å². The van der Waals surface area contributed by atoms with Gasteiger partial charge >= 0.3 is 6.18 Å². The Morgan fingerprint density at radius 1 is 1.34 bits per heavy atom. The number of aromatic nitrogens is 4. The molecule has 0 aliphatic carbocycles. The topological polar surface area (TPSA) is 97.9 Å². The van der Waals surface area contributed by atoms with Crippen molar-refractivity contribution in [3.05, 3.63) is 42.2 Å². The summed E-state index contributed by atoms with van der Waals surface area (Å²) in [4.78, 5) is 20.5. The monoisotopic (exact) mass is 408 g/mol. The lowest BCUT2D eigenvalue weighted by molar-refractivity contribution is -0.115. The zero-order valence-electron chi connectivity index (χ0n) is 15.9. The number of halogens is 3. The number of carbonyl (C=O) groups is 1. The third-order valence-corrected chi connectivity index (χ3v) is 3.87. The summed E-state index contributed by atoms with van der Waals surface area (Å²) in [5.41, 5.74) is 1.71. The highest BCUT2D eigenvalue weighted by molar-refractivity contribution is 6.03. The Kier molecular flexibility index (Phi) is 5.57. The molecule has 3 aromatic rings. The first-order chi connectivity index (χ1) is 13.6. The maximum Gasteiger partial charge on any atom is 0.405 e. The zero-order valence-corrected chi connectivity index (χ0v) is 15.9. The van der Waals surface area contributed by atoms with Gasteiger partial charge in [-0.15, -0.1) is 0 Å². The van der Waals surface area contributed by atoms with Crippen molar-refractivity contribution in [1.82, 2.24) is 19.7 Å². The lowest BCUT2D eigenvalue weighted by atomic mass is 10.1. The van der Waals surface area contributed by atoms with Crippen molar-refractivity contribution in [3.8, 4) is 11.5 Å². The van der Waals surface area contributed by atoms with E-state index in [4.69, 9.17) is 4.42 Å². The summed E-state index contributed by atoms with van der Waals surface area (Å²) >= 11 is 0. The lowest BCUT2D eigenvalue weighted by Crippen LogP contribution is -2.21. The number of carbonyl (C=O) groups excluding carboxylic acids is 1. The number of amides is 1. The van der Waals surface area contributed by atoms with Gasteiger partial charge in [0.1, 0.15) is 18.6 Å². The number of hydrogen-bond donors (Lipinski definition) is 2. The van der Waals surface area contributed by atoms with Crippen molar-refractivity contribution in [2.75, 3.05) is 17.2 Å². The van der Waals surface area contributed by atoms with Crippen LogP contribution in [0.1, 0.15) is 35.9 Å². The van der Waals surface area contributed by atoms with Crippen molar-refractivity contribution in [2.24, 2.45) is 7.05 Å². The van der Waals surface area contributed by atoms with Crippen LogP contribution >= 0.6 is 0 Å². The van der Waals surface area contributed by atoms with Crippen LogP contribution in [0.5, 0.6) is 0 Å². The second-order valence-corrected chi connectivity index (χ2v) is 6.65. The molecule has 0 atom stereocenters. The van der Waals surface area contributed by atoms with Gasteiger partial charge in [0.25, 0.3) is 5.91 Å². The summed E-state index contributed by atoms with van der Waals surface area (Å²) in [6.07, 6.45) is -0.176. The van der Waals surface area contributed by atoms with Crippen molar-refractivity contribution in [3.63, 3.8) is 0 Å². The molecule has 0 unspecified atom stereocenters. The molecule has 0 spiro atoms. The van der Waals surface area contributed by atoms with Crippen LogP contribution in [-0.4, -0.2) is 38.4 Å². The van der Waals surface area contributed by atoms with Gasteiger partial charge < -0.3 is 15.1 Å². The van der Waals surface area contributed by atoms with E-state index in [1.54, 1.807) is 17.9 Å². The predicted molar refractivity (Wildman–Crippen MR) is 99.5 cm³/mol.